The van der Waals surface area contributed by atoms with Gasteiger partial charge in [-0.2, -0.15) is 0 Å². The molecule has 92 valence electrons. The van der Waals surface area contributed by atoms with E-state index >= 15 is 0 Å². The van der Waals surface area contributed by atoms with Crippen LogP contribution in [0.1, 0.15) is 18.2 Å². The van der Waals surface area contributed by atoms with Gasteiger partial charge in [0.2, 0.25) is 11.8 Å². The number of rotatable bonds is 3. The van der Waals surface area contributed by atoms with E-state index in [1.165, 1.54) is 4.90 Å². The number of nitrogens with zero attached hydrogens (tertiary/aromatic N) is 1. The van der Waals surface area contributed by atoms with Crippen molar-refractivity contribution < 1.29 is 9.59 Å². The summed E-state index contributed by atoms with van der Waals surface area (Å²) in [5, 5.41) is 4.89. The summed E-state index contributed by atoms with van der Waals surface area (Å²) in [4.78, 5) is 26.1. The standard InChI is InChI=1S/C11H13BrN2O2S/c1-2-9-11(16)14(10(15)4-13-9)5-8-3-7(12)6-17-8/h3,6,9,13H,2,4-5H2,1H3. The molecule has 1 aromatic rings. The van der Waals surface area contributed by atoms with Gasteiger partial charge in [0.05, 0.1) is 19.1 Å². The molecule has 2 rings (SSSR count). The second-order valence-electron chi connectivity index (χ2n) is 3.89. The van der Waals surface area contributed by atoms with E-state index in [2.05, 4.69) is 21.2 Å². The van der Waals surface area contributed by atoms with Crippen molar-refractivity contribution >= 4 is 39.1 Å². The van der Waals surface area contributed by atoms with Gasteiger partial charge < -0.3 is 0 Å². The zero-order valence-corrected chi connectivity index (χ0v) is 11.8. The number of nitrogens with one attached hydrogen (secondary N) is 1. The minimum Gasteiger partial charge on any atom is -0.297 e. The van der Waals surface area contributed by atoms with Gasteiger partial charge in [-0.1, -0.05) is 6.92 Å². The summed E-state index contributed by atoms with van der Waals surface area (Å²) in [6.45, 7) is 2.56. The highest BCUT2D eigenvalue weighted by molar-refractivity contribution is 9.10. The average Bonchev–Trinajstić information content (AvgIpc) is 2.70. The van der Waals surface area contributed by atoms with Crippen molar-refractivity contribution in [1.82, 2.24) is 10.2 Å². The maximum Gasteiger partial charge on any atom is 0.246 e. The third kappa shape index (κ3) is 2.75. The molecule has 17 heavy (non-hydrogen) atoms. The van der Waals surface area contributed by atoms with Crippen LogP contribution in [0.15, 0.2) is 15.9 Å². The molecule has 0 aromatic carbocycles. The highest BCUT2D eigenvalue weighted by Gasteiger charge is 2.32. The molecule has 0 spiro atoms. The fourth-order valence-electron chi connectivity index (χ4n) is 1.78. The molecule has 1 fully saturated rings. The first-order valence-corrected chi connectivity index (χ1v) is 7.09. The zero-order valence-electron chi connectivity index (χ0n) is 9.40. The smallest absolute Gasteiger partial charge is 0.246 e. The third-order valence-electron chi connectivity index (χ3n) is 2.71. The maximum absolute atomic E-state index is 12.0. The van der Waals surface area contributed by atoms with Crippen LogP contribution in [0.5, 0.6) is 0 Å². The predicted molar refractivity (Wildman–Crippen MR) is 69.7 cm³/mol. The van der Waals surface area contributed by atoms with Gasteiger partial charge in [0, 0.05) is 14.7 Å². The summed E-state index contributed by atoms with van der Waals surface area (Å²) in [6.07, 6.45) is 0.705. The van der Waals surface area contributed by atoms with Crippen molar-refractivity contribution in [2.45, 2.75) is 25.9 Å². The lowest BCUT2D eigenvalue weighted by Crippen LogP contribution is -2.57. The van der Waals surface area contributed by atoms with E-state index in [1.54, 1.807) is 11.3 Å². The van der Waals surface area contributed by atoms with Gasteiger partial charge in [-0.05, 0) is 28.4 Å². The molecule has 1 atom stereocenters. The van der Waals surface area contributed by atoms with Crippen molar-refractivity contribution in [2.24, 2.45) is 0 Å². The number of carbonyl (C=O) groups excluding carboxylic acids is 2. The summed E-state index contributed by atoms with van der Waals surface area (Å²) in [6, 6.07) is 1.71. The second kappa shape index (κ2) is 5.29. The average molecular weight is 317 g/mol. The minimum atomic E-state index is -0.226. The van der Waals surface area contributed by atoms with Gasteiger partial charge >= 0.3 is 0 Å². The van der Waals surface area contributed by atoms with Gasteiger partial charge in [-0.25, -0.2) is 0 Å². The largest absolute Gasteiger partial charge is 0.297 e. The molecule has 0 aliphatic carbocycles. The maximum atomic E-state index is 12.0. The molecule has 0 radical (unpaired) electrons. The Kier molecular flexibility index (Phi) is 3.96. The van der Waals surface area contributed by atoms with Crippen LogP contribution in [0.3, 0.4) is 0 Å². The molecule has 0 bridgehead atoms. The monoisotopic (exact) mass is 316 g/mol. The van der Waals surface area contributed by atoms with Crippen LogP contribution in [0.25, 0.3) is 0 Å². The first kappa shape index (κ1) is 12.7. The van der Waals surface area contributed by atoms with Crippen LogP contribution in [0.2, 0.25) is 0 Å². The molecule has 1 unspecified atom stereocenters. The highest BCUT2D eigenvalue weighted by atomic mass is 79.9. The molecule has 1 aliphatic rings. The summed E-state index contributed by atoms with van der Waals surface area (Å²) in [5.41, 5.74) is 0. The fourth-order valence-corrected chi connectivity index (χ4v) is 3.22. The van der Waals surface area contributed by atoms with Gasteiger partial charge in [0.25, 0.3) is 0 Å². The van der Waals surface area contributed by atoms with Crippen LogP contribution in [-0.4, -0.2) is 29.3 Å². The first-order valence-electron chi connectivity index (χ1n) is 5.42. The van der Waals surface area contributed by atoms with Crippen LogP contribution >= 0.6 is 27.3 Å². The van der Waals surface area contributed by atoms with E-state index in [0.29, 0.717) is 13.0 Å². The minimum absolute atomic E-state index is 0.117. The van der Waals surface area contributed by atoms with E-state index in [0.717, 1.165) is 9.35 Å². The lowest BCUT2D eigenvalue weighted by atomic mass is 10.1. The Balaban J connectivity index is 2.12. The van der Waals surface area contributed by atoms with Crippen LogP contribution in [0.4, 0.5) is 0 Å². The van der Waals surface area contributed by atoms with Crippen molar-refractivity contribution in [1.29, 1.82) is 0 Å². The molecule has 1 aliphatic heterocycles. The molecule has 2 heterocycles. The second-order valence-corrected chi connectivity index (χ2v) is 5.80. The Morgan fingerprint density at radius 2 is 2.35 bits per heavy atom. The van der Waals surface area contributed by atoms with E-state index in [1.807, 2.05) is 18.4 Å². The molecule has 4 nitrogen and oxygen atoms in total. The number of carbonyl (C=O) groups is 2. The molecular weight excluding hydrogens is 304 g/mol. The first-order chi connectivity index (χ1) is 8.11. The molecule has 1 aromatic heterocycles. The Bertz CT molecular complexity index is 446. The molecule has 1 N–H and O–H groups in total. The van der Waals surface area contributed by atoms with E-state index in [9.17, 15) is 9.59 Å². The number of piperazine rings is 1. The topological polar surface area (TPSA) is 49.4 Å². The van der Waals surface area contributed by atoms with E-state index in [-0.39, 0.29) is 24.4 Å². The molecular formula is C11H13BrN2O2S. The van der Waals surface area contributed by atoms with E-state index < -0.39 is 0 Å². The Morgan fingerprint density at radius 1 is 1.59 bits per heavy atom. The van der Waals surface area contributed by atoms with Gasteiger partial charge in [0.1, 0.15) is 0 Å². The highest BCUT2D eigenvalue weighted by Crippen LogP contribution is 2.22. The van der Waals surface area contributed by atoms with Crippen LogP contribution in [-0.2, 0) is 16.1 Å². The summed E-state index contributed by atoms with van der Waals surface area (Å²) < 4.78 is 0.986. The van der Waals surface area contributed by atoms with Crippen LogP contribution < -0.4 is 5.32 Å². The van der Waals surface area contributed by atoms with E-state index in [4.69, 9.17) is 0 Å². The molecule has 1 saturated heterocycles. The van der Waals surface area contributed by atoms with Crippen molar-refractivity contribution in [2.75, 3.05) is 6.54 Å². The zero-order chi connectivity index (χ0) is 12.4. The lowest BCUT2D eigenvalue weighted by Gasteiger charge is -2.30. The number of imide groups is 1. The SMILES string of the molecule is CCC1NCC(=O)N(Cc2cc(Br)cs2)C1=O. The summed E-state index contributed by atoms with van der Waals surface area (Å²) in [5.74, 6) is -0.266. The van der Waals surface area contributed by atoms with Gasteiger partial charge in [-0.15, -0.1) is 11.3 Å². The lowest BCUT2D eigenvalue weighted by molar-refractivity contribution is -0.150. The Hall–Kier alpha value is -0.720. The summed E-state index contributed by atoms with van der Waals surface area (Å²) >= 11 is 4.91. The fraction of sp³-hybridized carbons (Fsp3) is 0.455. The quantitative estimate of drug-likeness (QED) is 0.864. The Morgan fingerprint density at radius 3 is 2.94 bits per heavy atom. The van der Waals surface area contributed by atoms with Crippen molar-refractivity contribution in [3.8, 4) is 0 Å². The number of halogens is 1. The predicted octanol–water partition coefficient (Wildman–Crippen LogP) is 1.75. The van der Waals surface area contributed by atoms with Crippen molar-refractivity contribution in [3.05, 3.63) is 20.8 Å². The summed E-state index contributed by atoms with van der Waals surface area (Å²) in [7, 11) is 0. The third-order valence-corrected chi connectivity index (χ3v) is 4.39. The normalized spacial score (nSPS) is 21.1. The van der Waals surface area contributed by atoms with Crippen molar-refractivity contribution in [3.63, 3.8) is 0 Å². The number of hydrogen-bond acceptors (Lipinski definition) is 4. The van der Waals surface area contributed by atoms with Gasteiger partial charge in [-0.3, -0.25) is 19.8 Å². The molecule has 0 saturated carbocycles. The number of amides is 2. The molecule has 6 heteroatoms. The number of thiophene rings is 1. The number of hydrogen-bond donors (Lipinski definition) is 1. The Labute approximate surface area is 112 Å². The van der Waals surface area contributed by atoms with Gasteiger partial charge in [0.15, 0.2) is 0 Å². The molecule has 2 amide bonds. The van der Waals surface area contributed by atoms with Crippen LogP contribution in [0, 0.1) is 0 Å².